The molecule has 3 aliphatic heterocycles. The molecule has 0 spiro atoms. The molecule has 2 aromatic carbocycles. The molecule has 3 fully saturated rings. The van der Waals surface area contributed by atoms with Gasteiger partial charge in [-0.1, -0.05) is 36.4 Å². The molecule has 172 valence electrons. The predicted octanol–water partition coefficient (Wildman–Crippen LogP) is 4.78. The molecule has 6 rings (SSSR count). The van der Waals surface area contributed by atoms with Crippen molar-refractivity contribution in [3.63, 3.8) is 0 Å². The molecule has 1 aromatic heterocycles. The van der Waals surface area contributed by atoms with Crippen LogP contribution in [0.25, 0.3) is 10.9 Å². The maximum atomic E-state index is 13.6. The van der Waals surface area contributed by atoms with E-state index < -0.39 is 0 Å². The lowest BCUT2D eigenvalue weighted by molar-refractivity contribution is 0.0255. The van der Waals surface area contributed by atoms with E-state index in [1.807, 2.05) is 11.0 Å². The molecule has 5 nitrogen and oxygen atoms in total. The third kappa shape index (κ3) is 3.68. The minimum absolute atomic E-state index is 0.141. The van der Waals surface area contributed by atoms with E-state index in [9.17, 15) is 4.79 Å². The quantitative estimate of drug-likeness (QED) is 0.631. The SMILES string of the molecule is Cc1cccc(C)c1C1CCN(Cc2c(C(=O)N3CC4C[C@H]3CO4)[nH]c3ccccc23)CC1. The number of likely N-dealkylation sites (tertiary alicyclic amines) is 2. The van der Waals surface area contributed by atoms with Crippen LogP contribution < -0.4 is 0 Å². The molecule has 5 heteroatoms. The van der Waals surface area contributed by atoms with Crippen LogP contribution in [0.1, 0.15) is 57.9 Å². The smallest absolute Gasteiger partial charge is 0.271 e. The Hall–Kier alpha value is -2.63. The Balaban J connectivity index is 1.23. The monoisotopic (exact) mass is 443 g/mol. The molecule has 4 heterocycles. The zero-order chi connectivity index (χ0) is 22.5. The normalized spacial score (nSPS) is 23.6. The van der Waals surface area contributed by atoms with E-state index in [1.54, 1.807) is 5.56 Å². The summed E-state index contributed by atoms with van der Waals surface area (Å²) in [4.78, 5) is 21.7. The van der Waals surface area contributed by atoms with Gasteiger partial charge in [0.25, 0.3) is 5.91 Å². The first-order valence-corrected chi connectivity index (χ1v) is 12.4. The van der Waals surface area contributed by atoms with Crippen LogP contribution in [0, 0.1) is 13.8 Å². The molecule has 3 saturated heterocycles. The maximum absolute atomic E-state index is 13.6. The molecular formula is C28H33N3O2. The lowest BCUT2D eigenvalue weighted by Gasteiger charge is -2.34. The fourth-order valence-corrected chi connectivity index (χ4v) is 6.41. The van der Waals surface area contributed by atoms with Crippen LogP contribution in [0.15, 0.2) is 42.5 Å². The number of amides is 1. The summed E-state index contributed by atoms with van der Waals surface area (Å²) in [6.07, 6.45) is 3.54. The number of carbonyl (C=O) groups excluding carboxylic acids is 1. The van der Waals surface area contributed by atoms with E-state index in [-0.39, 0.29) is 18.1 Å². The Kier molecular flexibility index (Phi) is 5.27. The van der Waals surface area contributed by atoms with Crippen molar-refractivity contribution in [1.82, 2.24) is 14.8 Å². The molecular weight excluding hydrogens is 410 g/mol. The van der Waals surface area contributed by atoms with Crippen molar-refractivity contribution >= 4 is 16.8 Å². The van der Waals surface area contributed by atoms with Crippen molar-refractivity contribution in [2.24, 2.45) is 0 Å². The lowest BCUT2D eigenvalue weighted by Crippen LogP contribution is -2.42. The number of nitrogens with one attached hydrogen (secondary N) is 1. The van der Waals surface area contributed by atoms with Gasteiger partial charge in [0, 0.05) is 29.6 Å². The number of hydrogen-bond acceptors (Lipinski definition) is 3. The number of fused-ring (bicyclic) bond motifs is 3. The second-order valence-corrected chi connectivity index (χ2v) is 10.2. The lowest BCUT2D eigenvalue weighted by atomic mass is 9.84. The van der Waals surface area contributed by atoms with E-state index in [0.29, 0.717) is 12.5 Å². The number of nitrogens with zero attached hydrogens (tertiary/aromatic N) is 2. The molecule has 0 saturated carbocycles. The number of H-pyrrole nitrogens is 1. The Morgan fingerprint density at radius 2 is 1.82 bits per heavy atom. The van der Waals surface area contributed by atoms with Gasteiger partial charge in [0.2, 0.25) is 0 Å². The van der Waals surface area contributed by atoms with E-state index >= 15 is 0 Å². The summed E-state index contributed by atoms with van der Waals surface area (Å²) < 4.78 is 5.73. The van der Waals surface area contributed by atoms with Crippen LogP contribution in [-0.2, 0) is 11.3 Å². The van der Waals surface area contributed by atoms with Gasteiger partial charge in [0.05, 0.1) is 18.8 Å². The van der Waals surface area contributed by atoms with E-state index in [2.05, 4.69) is 60.1 Å². The highest BCUT2D eigenvalue weighted by Crippen LogP contribution is 2.35. The molecule has 3 aliphatic rings. The third-order valence-corrected chi connectivity index (χ3v) is 8.11. The van der Waals surface area contributed by atoms with Crippen molar-refractivity contribution in [1.29, 1.82) is 0 Å². The van der Waals surface area contributed by atoms with Crippen molar-refractivity contribution in [3.05, 3.63) is 70.4 Å². The summed E-state index contributed by atoms with van der Waals surface area (Å²) in [5.41, 5.74) is 7.38. The van der Waals surface area contributed by atoms with Gasteiger partial charge in [-0.2, -0.15) is 0 Å². The van der Waals surface area contributed by atoms with Gasteiger partial charge in [-0.3, -0.25) is 9.69 Å². The Morgan fingerprint density at radius 1 is 1.06 bits per heavy atom. The van der Waals surface area contributed by atoms with Crippen LogP contribution in [0.4, 0.5) is 0 Å². The molecule has 2 bridgehead atoms. The van der Waals surface area contributed by atoms with Crippen LogP contribution in [-0.4, -0.2) is 59.1 Å². The minimum atomic E-state index is 0.141. The maximum Gasteiger partial charge on any atom is 0.271 e. The fraction of sp³-hybridized carbons (Fsp3) is 0.464. The number of ether oxygens (including phenoxy) is 1. The molecule has 1 unspecified atom stereocenters. The van der Waals surface area contributed by atoms with Gasteiger partial charge in [0.15, 0.2) is 0 Å². The first-order chi connectivity index (χ1) is 16.1. The Labute approximate surface area is 195 Å². The average Bonchev–Trinajstić information content (AvgIpc) is 3.55. The molecule has 33 heavy (non-hydrogen) atoms. The van der Waals surface area contributed by atoms with E-state index in [4.69, 9.17) is 4.74 Å². The number of morpholine rings is 1. The van der Waals surface area contributed by atoms with Crippen molar-refractivity contribution in [2.75, 3.05) is 26.2 Å². The van der Waals surface area contributed by atoms with Crippen LogP contribution >= 0.6 is 0 Å². The van der Waals surface area contributed by atoms with Crippen molar-refractivity contribution in [3.8, 4) is 0 Å². The predicted molar refractivity (Wildman–Crippen MR) is 131 cm³/mol. The standard InChI is InChI=1S/C28H33N3O2/c1-18-6-5-7-19(2)26(18)20-10-12-30(13-11-20)16-24-23-8-3-4-9-25(23)29-27(24)28(32)31-15-22-14-21(31)17-33-22/h3-9,20-22,29H,10-17H2,1-2H3/t21-,22?/m0/s1. The molecule has 3 aromatic rings. The van der Waals surface area contributed by atoms with Crippen LogP contribution in [0.5, 0.6) is 0 Å². The minimum Gasteiger partial charge on any atom is -0.374 e. The number of aromatic nitrogens is 1. The zero-order valence-corrected chi connectivity index (χ0v) is 19.6. The molecule has 1 N–H and O–H groups in total. The Morgan fingerprint density at radius 3 is 2.52 bits per heavy atom. The summed E-state index contributed by atoms with van der Waals surface area (Å²) >= 11 is 0. The van der Waals surface area contributed by atoms with Gasteiger partial charge in [-0.05, 0) is 74.9 Å². The van der Waals surface area contributed by atoms with Gasteiger partial charge in [-0.15, -0.1) is 0 Å². The number of rotatable bonds is 4. The summed E-state index contributed by atoms with van der Waals surface area (Å²) in [6.45, 7) is 8.84. The molecule has 2 atom stereocenters. The summed E-state index contributed by atoms with van der Waals surface area (Å²) in [7, 11) is 0. The van der Waals surface area contributed by atoms with Crippen LogP contribution in [0.2, 0.25) is 0 Å². The highest BCUT2D eigenvalue weighted by atomic mass is 16.5. The number of para-hydroxylation sites is 1. The first-order valence-electron chi connectivity index (χ1n) is 12.4. The topological polar surface area (TPSA) is 48.6 Å². The van der Waals surface area contributed by atoms with Crippen molar-refractivity contribution < 1.29 is 9.53 Å². The Bertz CT molecular complexity index is 1170. The van der Waals surface area contributed by atoms with Gasteiger partial charge < -0.3 is 14.6 Å². The van der Waals surface area contributed by atoms with Crippen LogP contribution in [0.3, 0.4) is 0 Å². The zero-order valence-electron chi connectivity index (χ0n) is 19.6. The van der Waals surface area contributed by atoms with E-state index in [1.165, 1.54) is 29.4 Å². The second-order valence-electron chi connectivity index (χ2n) is 10.2. The number of hydrogen-bond donors (Lipinski definition) is 1. The number of piperidine rings is 1. The molecule has 0 aliphatic carbocycles. The summed E-state index contributed by atoms with van der Waals surface area (Å²) in [6, 6.07) is 15.2. The highest BCUT2D eigenvalue weighted by molar-refractivity contribution is 6.01. The first kappa shape index (κ1) is 20.9. The average molecular weight is 444 g/mol. The van der Waals surface area contributed by atoms with Gasteiger partial charge in [0.1, 0.15) is 5.69 Å². The number of aromatic amines is 1. The fourth-order valence-electron chi connectivity index (χ4n) is 6.41. The number of aryl methyl sites for hydroxylation is 2. The summed E-state index contributed by atoms with van der Waals surface area (Å²) in [5, 5.41) is 1.18. The second kappa shape index (κ2) is 8.30. The van der Waals surface area contributed by atoms with Gasteiger partial charge in [-0.25, -0.2) is 0 Å². The largest absolute Gasteiger partial charge is 0.374 e. The van der Waals surface area contributed by atoms with Crippen molar-refractivity contribution in [2.45, 2.75) is 57.7 Å². The summed E-state index contributed by atoms with van der Waals surface area (Å²) in [5.74, 6) is 0.772. The third-order valence-electron chi connectivity index (χ3n) is 8.11. The molecule has 0 radical (unpaired) electrons. The number of benzene rings is 2. The number of carbonyl (C=O) groups is 1. The van der Waals surface area contributed by atoms with E-state index in [0.717, 1.165) is 49.4 Å². The molecule has 1 amide bonds. The highest BCUT2D eigenvalue weighted by Gasteiger charge is 2.42. The van der Waals surface area contributed by atoms with Gasteiger partial charge >= 0.3 is 0 Å².